The van der Waals surface area contributed by atoms with E-state index in [1.807, 2.05) is 49.1 Å². The first-order valence-corrected chi connectivity index (χ1v) is 6.68. The average molecular weight is 262 g/mol. The SMILES string of the molecule is COC1CCN(C(=O)C(C)(C)Nc2ccccc2)C1. The summed E-state index contributed by atoms with van der Waals surface area (Å²) in [5.74, 6) is 0.121. The lowest BCUT2D eigenvalue weighted by Crippen LogP contribution is -2.49. The summed E-state index contributed by atoms with van der Waals surface area (Å²) in [6.07, 6.45) is 1.10. The zero-order chi connectivity index (χ0) is 13.9. The van der Waals surface area contributed by atoms with Crippen LogP contribution in [0, 0.1) is 0 Å². The molecule has 1 N–H and O–H groups in total. The van der Waals surface area contributed by atoms with E-state index < -0.39 is 5.54 Å². The number of hydrogen-bond acceptors (Lipinski definition) is 3. The van der Waals surface area contributed by atoms with Crippen molar-refractivity contribution in [1.82, 2.24) is 4.90 Å². The summed E-state index contributed by atoms with van der Waals surface area (Å²) >= 11 is 0. The third-order valence-electron chi connectivity index (χ3n) is 3.53. The number of para-hydroxylation sites is 1. The van der Waals surface area contributed by atoms with Crippen molar-refractivity contribution in [3.63, 3.8) is 0 Å². The molecule has 0 radical (unpaired) electrons. The van der Waals surface area contributed by atoms with Gasteiger partial charge in [0.05, 0.1) is 6.10 Å². The number of hydrogen-bond donors (Lipinski definition) is 1. The summed E-state index contributed by atoms with van der Waals surface area (Å²) in [6.45, 7) is 5.30. The number of nitrogens with one attached hydrogen (secondary N) is 1. The summed E-state index contributed by atoms with van der Waals surface area (Å²) in [5.41, 5.74) is 0.354. The Morgan fingerprint density at radius 3 is 2.63 bits per heavy atom. The number of benzene rings is 1. The minimum absolute atomic E-state index is 0.121. The monoisotopic (exact) mass is 262 g/mol. The molecule has 1 amide bonds. The number of carbonyl (C=O) groups excluding carboxylic acids is 1. The third kappa shape index (κ3) is 3.26. The molecule has 2 rings (SSSR count). The van der Waals surface area contributed by atoms with Crippen LogP contribution in [0.1, 0.15) is 20.3 Å². The van der Waals surface area contributed by atoms with E-state index >= 15 is 0 Å². The molecule has 4 heteroatoms. The van der Waals surface area contributed by atoms with Gasteiger partial charge in [0.1, 0.15) is 5.54 Å². The Kier molecular flexibility index (Phi) is 4.10. The third-order valence-corrected chi connectivity index (χ3v) is 3.53. The number of nitrogens with zero attached hydrogens (tertiary/aromatic N) is 1. The molecule has 0 aromatic heterocycles. The number of rotatable bonds is 4. The van der Waals surface area contributed by atoms with Gasteiger partial charge in [0.15, 0.2) is 0 Å². The molecule has 1 fully saturated rings. The first-order chi connectivity index (χ1) is 9.03. The molecule has 4 nitrogen and oxygen atoms in total. The van der Waals surface area contributed by atoms with Crippen molar-refractivity contribution < 1.29 is 9.53 Å². The minimum Gasteiger partial charge on any atom is -0.380 e. The van der Waals surface area contributed by atoms with Crippen LogP contribution in [0.25, 0.3) is 0 Å². The molecule has 1 unspecified atom stereocenters. The van der Waals surface area contributed by atoms with Crippen molar-refractivity contribution in [3.8, 4) is 0 Å². The molecule has 1 heterocycles. The molecular weight excluding hydrogens is 240 g/mol. The second-order valence-corrected chi connectivity index (χ2v) is 5.51. The highest BCUT2D eigenvalue weighted by atomic mass is 16.5. The van der Waals surface area contributed by atoms with Crippen LogP contribution in [0.2, 0.25) is 0 Å². The molecule has 1 aromatic rings. The standard InChI is InChI=1S/C15H22N2O2/c1-15(2,16-12-7-5-4-6-8-12)14(18)17-10-9-13(11-17)19-3/h4-8,13,16H,9-11H2,1-3H3. The van der Waals surface area contributed by atoms with Gasteiger partial charge in [0.2, 0.25) is 5.91 Å². The molecule has 104 valence electrons. The van der Waals surface area contributed by atoms with Gasteiger partial charge in [-0.25, -0.2) is 0 Å². The van der Waals surface area contributed by atoms with Crippen LogP contribution >= 0.6 is 0 Å². The van der Waals surface area contributed by atoms with Crippen LogP contribution in [-0.4, -0.2) is 42.6 Å². The van der Waals surface area contributed by atoms with Crippen molar-refractivity contribution in [2.24, 2.45) is 0 Å². The summed E-state index contributed by atoms with van der Waals surface area (Å²) in [4.78, 5) is 14.4. The fraction of sp³-hybridized carbons (Fsp3) is 0.533. The van der Waals surface area contributed by atoms with Crippen LogP contribution in [-0.2, 0) is 9.53 Å². The number of methoxy groups -OCH3 is 1. The topological polar surface area (TPSA) is 41.6 Å². The van der Waals surface area contributed by atoms with E-state index in [0.717, 1.165) is 18.7 Å². The van der Waals surface area contributed by atoms with E-state index in [1.54, 1.807) is 7.11 Å². The van der Waals surface area contributed by atoms with Crippen molar-refractivity contribution >= 4 is 11.6 Å². The number of likely N-dealkylation sites (tertiary alicyclic amines) is 1. The van der Waals surface area contributed by atoms with Gasteiger partial charge in [-0.2, -0.15) is 0 Å². The Balaban J connectivity index is 2.01. The summed E-state index contributed by atoms with van der Waals surface area (Å²) in [6, 6.07) is 9.82. The number of carbonyl (C=O) groups is 1. The van der Waals surface area contributed by atoms with Crippen LogP contribution < -0.4 is 5.32 Å². The van der Waals surface area contributed by atoms with E-state index in [2.05, 4.69) is 5.32 Å². The first kappa shape index (κ1) is 13.9. The number of anilines is 1. The van der Waals surface area contributed by atoms with E-state index in [9.17, 15) is 4.79 Å². The Hall–Kier alpha value is -1.55. The maximum Gasteiger partial charge on any atom is 0.247 e. The molecule has 1 aliphatic rings. The fourth-order valence-electron chi connectivity index (χ4n) is 2.44. The maximum atomic E-state index is 12.5. The van der Waals surface area contributed by atoms with Gasteiger partial charge in [-0.05, 0) is 32.4 Å². The molecule has 0 bridgehead atoms. The lowest BCUT2D eigenvalue weighted by Gasteiger charge is -2.31. The van der Waals surface area contributed by atoms with E-state index in [1.165, 1.54) is 0 Å². The zero-order valence-electron chi connectivity index (χ0n) is 11.8. The summed E-state index contributed by atoms with van der Waals surface area (Å²) < 4.78 is 5.31. The van der Waals surface area contributed by atoms with E-state index in [4.69, 9.17) is 4.74 Å². The Morgan fingerprint density at radius 2 is 2.05 bits per heavy atom. The maximum absolute atomic E-state index is 12.5. The van der Waals surface area contributed by atoms with Crippen LogP contribution in [0.3, 0.4) is 0 Å². The predicted molar refractivity (Wildman–Crippen MR) is 76.1 cm³/mol. The Labute approximate surface area is 114 Å². The lowest BCUT2D eigenvalue weighted by molar-refractivity contribution is -0.134. The molecule has 1 atom stereocenters. The fourth-order valence-corrected chi connectivity index (χ4v) is 2.44. The number of ether oxygens (including phenoxy) is 1. The summed E-state index contributed by atoms with van der Waals surface area (Å²) in [7, 11) is 1.70. The van der Waals surface area contributed by atoms with Gasteiger partial charge in [-0.15, -0.1) is 0 Å². The highest BCUT2D eigenvalue weighted by Gasteiger charge is 2.35. The molecule has 1 saturated heterocycles. The molecule has 0 saturated carbocycles. The van der Waals surface area contributed by atoms with Crippen LogP contribution in [0.4, 0.5) is 5.69 Å². The zero-order valence-corrected chi connectivity index (χ0v) is 11.8. The van der Waals surface area contributed by atoms with Gasteiger partial charge in [-0.1, -0.05) is 18.2 Å². The smallest absolute Gasteiger partial charge is 0.247 e. The minimum atomic E-state index is -0.607. The van der Waals surface area contributed by atoms with Crippen LogP contribution in [0.5, 0.6) is 0 Å². The van der Waals surface area contributed by atoms with Gasteiger partial charge in [0, 0.05) is 25.9 Å². The molecular formula is C15H22N2O2. The quantitative estimate of drug-likeness (QED) is 0.903. The molecule has 19 heavy (non-hydrogen) atoms. The lowest BCUT2D eigenvalue weighted by atomic mass is 10.0. The predicted octanol–water partition coefficient (Wildman–Crippen LogP) is 2.12. The van der Waals surface area contributed by atoms with Crippen molar-refractivity contribution in [3.05, 3.63) is 30.3 Å². The van der Waals surface area contributed by atoms with Gasteiger partial charge in [0.25, 0.3) is 0 Å². The molecule has 0 aliphatic carbocycles. The normalized spacial score (nSPS) is 19.5. The van der Waals surface area contributed by atoms with Crippen molar-refractivity contribution in [1.29, 1.82) is 0 Å². The first-order valence-electron chi connectivity index (χ1n) is 6.68. The highest BCUT2D eigenvalue weighted by molar-refractivity contribution is 5.88. The largest absolute Gasteiger partial charge is 0.380 e. The molecule has 0 spiro atoms. The number of amides is 1. The molecule has 1 aliphatic heterocycles. The van der Waals surface area contributed by atoms with Gasteiger partial charge >= 0.3 is 0 Å². The van der Waals surface area contributed by atoms with Crippen LogP contribution in [0.15, 0.2) is 30.3 Å². The second kappa shape index (κ2) is 5.61. The van der Waals surface area contributed by atoms with E-state index in [-0.39, 0.29) is 12.0 Å². The van der Waals surface area contributed by atoms with E-state index in [0.29, 0.717) is 6.54 Å². The van der Waals surface area contributed by atoms with Crippen molar-refractivity contribution in [2.45, 2.75) is 31.9 Å². The van der Waals surface area contributed by atoms with Gasteiger partial charge in [-0.3, -0.25) is 4.79 Å². The Morgan fingerprint density at radius 1 is 1.37 bits per heavy atom. The van der Waals surface area contributed by atoms with Crippen molar-refractivity contribution in [2.75, 3.05) is 25.5 Å². The highest BCUT2D eigenvalue weighted by Crippen LogP contribution is 2.21. The Bertz CT molecular complexity index is 431. The summed E-state index contributed by atoms with van der Waals surface area (Å²) in [5, 5.41) is 3.30. The second-order valence-electron chi connectivity index (χ2n) is 5.51. The van der Waals surface area contributed by atoms with Gasteiger partial charge < -0.3 is 15.0 Å². The average Bonchev–Trinajstić information content (AvgIpc) is 2.87. The molecule has 1 aromatic carbocycles.